The minimum Gasteiger partial charge on any atom is -0.381 e. The van der Waals surface area contributed by atoms with Crippen LogP contribution in [0.1, 0.15) is 39.5 Å². The number of piperazine rings is 1. The summed E-state index contributed by atoms with van der Waals surface area (Å²) in [4.78, 5) is 19.5. The van der Waals surface area contributed by atoms with Crippen LogP contribution in [0.3, 0.4) is 0 Å². The number of rotatable bonds is 13. The summed E-state index contributed by atoms with van der Waals surface area (Å²) < 4.78 is 13.3. The third-order valence-electron chi connectivity index (χ3n) is 6.02. The van der Waals surface area contributed by atoms with Crippen molar-refractivity contribution >= 4 is 41.2 Å². The van der Waals surface area contributed by atoms with E-state index >= 15 is 0 Å². The van der Waals surface area contributed by atoms with E-state index in [1.165, 1.54) is 89.3 Å². The summed E-state index contributed by atoms with van der Waals surface area (Å²) in [5.41, 5.74) is 5.65. The van der Waals surface area contributed by atoms with Gasteiger partial charge in [0.1, 0.15) is 11.5 Å². The Hall–Kier alpha value is -2.72. The lowest BCUT2D eigenvalue weighted by Crippen LogP contribution is -2.44. The number of halogens is 1. The lowest BCUT2D eigenvalue weighted by Gasteiger charge is -2.32. The highest BCUT2D eigenvalue weighted by Crippen LogP contribution is 2.22. The molecule has 2 aromatic carbocycles. The smallest absolute Gasteiger partial charge is 0.171 e. The van der Waals surface area contributed by atoms with Crippen LogP contribution in [0, 0.1) is 5.82 Å². The van der Waals surface area contributed by atoms with Crippen LogP contribution in [-0.4, -0.2) is 82.5 Å². The van der Waals surface area contributed by atoms with Gasteiger partial charge in [0.15, 0.2) is 6.29 Å². The number of hydrogen-bond donors (Lipinski definition) is 3. The number of benzene rings is 2. The van der Waals surface area contributed by atoms with Gasteiger partial charge in [0.05, 0.1) is 10.9 Å². The number of thioether (sulfide) groups is 1. The molecular formula is C31H51FN6OS. The first-order valence-electron chi connectivity index (χ1n) is 14.0. The Morgan fingerprint density at radius 1 is 1.07 bits per heavy atom. The molecular weight excluding hydrogens is 523 g/mol. The van der Waals surface area contributed by atoms with Crippen molar-refractivity contribution in [2.75, 3.05) is 65.1 Å². The number of nitrogens with two attached hydrogens (primary N) is 1. The molecule has 4 N–H and O–H groups in total. The summed E-state index contributed by atoms with van der Waals surface area (Å²) in [5.74, 6) is 0.274. The summed E-state index contributed by atoms with van der Waals surface area (Å²) in [6, 6.07) is 10.4. The number of likely N-dealkylation sites (N-methyl/N-ethyl adjacent to an activating group) is 1. The number of aldehydes is 1. The number of anilines is 1. The Morgan fingerprint density at radius 3 is 2.35 bits per heavy atom. The second kappa shape index (κ2) is 24.1. The fourth-order valence-electron chi connectivity index (χ4n) is 3.83. The SMILES string of the molecule is C=CCCCCCN1CCN(C)CC1.C=N/C(C=O)=C(/NC)SCNc1ccc2ccc(F)cc2c1.CC.CN. The van der Waals surface area contributed by atoms with Crippen molar-refractivity contribution < 1.29 is 9.18 Å². The largest absolute Gasteiger partial charge is 0.381 e. The molecule has 0 radical (unpaired) electrons. The molecule has 0 amide bonds. The number of unbranched alkanes of at least 4 members (excludes halogenated alkanes) is 3. The average molecular weight is 575 g/mol. The molecule has 224 valence electrons. The van der Waals surface area contributed by atoms with Gasteiger partial charge in [-0.1, -0.05) is 50.2 Å². The van der Waals surface area contributed by atoms with Gasteiger partial charge in [-0.25, -0.2) is 4.39 Å². The van der Waals surface area contributed by atoms with E-state index in [0.717, 1.165) is 16.5 Å². The molecule has 0 spiro atoms. The third kappa shape index (κ3) is 15.2. The maximum Gasteiger partial charge on any atom is 0.171 e. The van der Waals surface area contributed by atoms with Crippen LogP contribution in [0.2, 0.25) is 0 Å². The zero-order valence-corrected chi connectivity index (χ0v) is 26.0. The van der Waals surface area contributed by atoms with E-state index in [1.54, 1.807) is 13.1 Å². The molecule has 40 heavy (non-hydrogen) atoms. The standard InChI is InChI=1S/C16H16FN3OS.C12H24N2.C2H6.CH5N/c1-18-15(9-21)16(19-2)22-10-20-14-6-4-11-3-5-13(17)7-12(11)8-14;1-3-4-5-6-7-8-14-11-9-13(2)10-12-14;2*1-2/h3-9,19-20H,1,10H2,2H3;3H,1,4-12H2,2H3;1-2H3;2H2,1H3/b16-15-;;;. The molecule has 0 aromatic heterocycles. The molecule has 2 aromatic rings. The van der Waals surface area contributed by atoms with Crippen molar-refractivity contribution in [3.8, 4) is 0 Å². The zero-order valence-electron chi connectivity index (χ0n) is 25.2. The van der Waals surface area contributed by atoms with E-state index in [-0.39, 0.29) is 11.5 Å². The van der Waals surface area contributed by atoms with Gasteiger partial charge in [-0.3, -0.25) is 9.79 Å². The Balaban J connectivity index is 0.000000729. The average Bonchev–Trinajstić information content (AvgIpc) is 3.00. The van der Waals surface area contributed by atoms with E-state index in [0.29, 0.717) is 17.2 Å². The van der Waals surface area contributed by atoms with Crippen LogP contribution in [0.15, 0.2) is 64.8 Å². The van der Waals surface area contributed by atoms with Crippen LogP contribution in [0.25, 0.3) is 10.8 Å². The van der Waals surface area contributed by atoms with Gasteiger partial charge in [-0.05, 0) is 81.7 Å². The number of allylic oxidation sites excluding steroid dienone is 2. The summed E-state index contributed by atoms with van der Waals surface area (Å²) in [7, 11) is 5.43. The van der Waals surface area contributed by atoms with Gasteiger partial charge in [0, 0.05) is 38.9 Å². The Labute approximate surface area is 246 Å². The fraction of sp³-hybridized carbons (Fsp3) is 0.484. The van der Waals surface area contributed by atoms with E-state index < -0.39 is 0 Å². The lowest BCUT2D eigenvalue weighted by atomic mass is 10.1. The van der Waals surface area contributed by atoms with Crippen molar-refractivity contribution in [1.82, 2.24) is 15.1 Å². The minimum absolute atomic E-state index is 0.257. The molecule has 1 aliphatic heterocycles. The van der Waals surface area contributed by atoms with Crippen molar-refractivity contribution in [2.45, 2.75) is 39.5 Å². The summed E-state index contributed by atoms with van der Waals surface area (Å²) >= 11 is 1.40. The molecule has 1 aliphatic rings. The predicted octanol–water partition coefficient (Wildman–Crippen LogP) is 5.95. The molecule has 0 unspecified atom stereocenters. The van der Waals surface area contributed by atoms with Crippen molar-refractivity contribution in [3.05, 3.63) is 65.6 Å². The maximum atomic E-state index is 13.3. The van der Waals surface area contributed by atoms with Gasteiger partial charge in [0.25, 0.3) is 0 Å². The number of nitrogens with zero attached hydrogens (tertiary/aromatic N) is 3. The lowest BCUT2D eigenvalue weighted by molar-refractivity contribution is -0.105. The number of aliphatic imine (C=N–C) groups is 1. The monoisotopic (exact) mass is 574 g/mol. The van der Waals surface area contributed by atoms with Gasteiger partial charge < -0.3 is 26.2 Å². The van der Waals surface area contributed by atoms with Crippen LogP contribution in [-0.2, 0) is 4.79 Å². The first-order chi connectivity index (χ1) is 19.5. The van der Waals surface area contributed by atoms with E-state index in [1.807, 2.05) is 38.1 Å². The highest BCUT2D eigenvalue weighted by atomic mass is 32.2. The van der Waals surface area contributed by atoms with E-state index in [2.05, 4.69) is 51.5 Å². The zero-order chi connectivity index (χ0) is 30.2. The number of carbonyl (C=O) groups excluding carboxylic acids is 1. The topological polar surface area (TPSA) is 86.0 Å². The quantitative estimate of drug-likeness (QED) is 0.0681. The van der Waals surface area contributed by atoms with Crippen molar-refractivity contribution in [2.24, 2.45) is 10.7 Å². The van der Waals surface area contributed by atoms with Crippen LogP contribution in [0.5, 0.6) is 0 Å². The van der Waals surface area contributed by atoms with E-state index in [9.17, 15) is 9.18 Å². The summed E-state index contributed by atoms with van der Waals surface area (Å²) in [5, 5.41) is 8.59. The second-order valence-corrected chi connectivity index (χ2v) is 9.68. The molecule has 0 bridgehead atoms. The molecule has 1 heterocycles. The normalized spacial score (nSPS) is 13.7. The number of nitrogens with one attached hydrogen (secondary N) is 2. The molecule has 1 saturated heterocycles. The van der Waals surface area contributed by atoms with Crippen molar-refractivity contribution in [3.63, 3.8) is 0 Å². The highest BCUT2D eigenvalue weighted by Gasteiger charge is 2.12. The number of carbonyl (C=O) groups is 1. The number of fused-ring (bicyclic) bond motifs is 1. The summed E-state index contributed by atoms with van der Waals surface area (Å²) in [6.45, 7) is 17.4. The molecule has 9 heteroatoms. The minimum atomic E-state index is -0.257. The van der Waals surface area contributed by atoms with Crippen LogP contribution < -0.4 is 16.4 Å². The van der Waals surface area contributed by atoms with Crippen molar-refractivity contribution in [1.29, 1.82) is 0 Å². The molecule has 0 aliphatic carbocycles. The molecule has 0 atom stereocenters. The Morgan fingerprint density at radius 2 is 1.75 bits per heavy atom. The number of hydrogen-bond acceptors (Lipinski definition) is 8. The Bertz CT molecular complexity index is 998. The third-order valence-corrected chi connectivity index (χ3v) is 7.01. The van der Waals surface area contributed by atoms with Gasteiger partial charge in [-0.2, -0.15) is 0 Å². The first kappa shape index (κ1) is 37.3. The fourth-order valence-corrected chi connectivity index (χ4v) is 4.62. The van der Waals surface area contributed by atoms with Crippen LogP contribution >= 0.6 is 11.8 Å². The highest BCUT2D eigenvalue weighted by molar-refractivity contribution is 8.03. The van der Waals surface area contributed by atoms with Gasteiger partial charge in [-0.15, -0.1) is 6.58 Å². The molecule has 3 rings (SSSR count). The van der Waals surface area contributed by atoms with E-state index in [4.69, 9.17) is 0 Å². The van der Waals surface area contributed by atoms with Crippen LogP contribution in [0.4, 0.5) is 10.1 Å². The van der Waals surface area contributed by atoms with Gasteiger partial charge in [0.2, 0.25) is 0 Å². The molecule has 0 saturated carbocycles. The predicted molar refractivity (Wildman–Crippen MR) is 176 cm³/mol. The second-order valence-electron chi connectivity index (χ2n) is 8.69. The van der Waals surface area contributed by atoms with Gasteiger partial charge >= 0.3 is 0 Å². The Kier molecular flexibility index (Phi) is 22.5. The summed E-state index contributed by atoms with van der Waals surface area (Å²) in [6.07, 6.45) is 7.90. The maximum absolute atomic E-state index is 13.3. The first-order valence-corrected chi connectivity index (χ1v) is 15.0. The molecule has 7 nitrogen and oxygen atoms in total. The molecule has 1 fully saturated rings.